The quantitative estimate of drug-likeness (QED) is 0.878. The Morgan fingerprint density at radius 3 is 2.92 bits per heavy atom. The van der Waals surface area contributed by atoms with Crippen LogP contribution in [0.25, 0.3) is 0 Å². The lowest BCUT2D eigenvalue weighted by Gasteiger charge is -2.24. The van der Waals surface area contributed by atoms with Crippen molar-refractivity contribution in [3.8, 4) is 0 Å². The maximum atomic E-state index is 12.4. The van der Waals surface area contributed by atoms with Crippen LogP contribution in [-0.4, -0.2) is 21.6 Å². The van der Waals surface area contributed by atoms with Crippen molar-refractivity contribution < 1.29 is 9.59 Å². The maximum Gasteiger partial charge on any atom is 0.250 e. The molecule has 0 saturated heterocycles. The Hall–Kier alpha value is -2.89. The van der Waals surface area contributed by atoms with E-state index in [4.69, 9.17) is 0 Å². The van der Waals surface area contributed by atoms with E-state index >= 15 is 0 Å². The van der Waals surface area contributed by atoms with Gasteiger partial charge in [0.1, 0.15) is 0 Å². The van der Waals surface area contributed by atoms with E-state index in [0.29, 0.717) is 13.0 Å². The van der Waals surface area contributed by atoms with Gasteiger partial charge in [0, 0.05) is 36.6 Å². The molecule has 124 valence electrons. The van der Waals surface area contributed by atoms with Gasteiger partial charge in [-0.1, -0.05) is 12.6 Å². The van der Waals surface area contributed by atoms with Gasteiger partial charge >= 0.3 is 0 Å². The largest absolute Gasteiger partial charge is 0.326 e. The highest BCUT2D eigenvalue weighted by Gasteiger charge is 2.20. The molecule has 0 atom stereocenters. The fraction of sp³-hybridized carbons (Fsp3) is 0.278. The minimum atomic E-state index is -0.194. The zero-order valence-electron chi connectivity index (χ0n) is 13.9. The SMILES string of the molecule is C=CC(=O)N(Cc1cn(C)nc1C)c1ccc2c(c1)NC(=O)CC2. The summed E-state index contributed by atoms with van der Waals surface area (Å²) in [4.78, 5) is 25.6. The van der Waals surface area contributed by atoms with Gasteiger partial charge in [-0.05, 0) is 37.1 Å². The Kier molecular flexibility index (Phi) is 4.20. The molecule has 3 rings (SSSR count). The average Bonchev–Trinajstić information content (AvgIpc) is 2.88. The van der Waals surface area contributed by atoms with Gasteiger partial charge < -0.3 is 10.2 Å². The van der Waals surface area contributed by atoms with Crippen LogP contribution in [0.1, 0.15) is 23.2 Å². The predicted molar refractivity (Wildman–Crippen MR) is 92.7 cm³/mol. The third-order valence-electron chi connectivity index (χ3n) is 4.18. The Bertz CT molecular complexity index is 822. The van der Waals surface area contributed by atoms with Crippen LogP contribution >= 0.6 is 0 Å². The summed E-state index contributed by atoms with van der Waals surface area (Å²) < 4.78 is 1.73. The average molecular weight is 324 g/mol. The molecule has 24 heavy (non-hydrogen) atoms. The summed E-state index contributed by atoms with van der Waals surface area (Å²) in [6, 6.07) is 5.71. The molecule has 2 amide bonds. The first-order chi connectivity index (χ1) is 11.5. The van der Waals surface area contributed by atoms with Gasteiger partial charge in [-0.25, -0.2) is 0 Å². The highest BCUT2D eigenvalue weighted by molar-refractivity contribution is 6.02. The predicted octanol–water partition coefficient (Wildman–Crippen LogP) is 2.33. The summed E-state index contributed by atoms with van der Waals surface area (Å²) in [7, 11) is 1.85. The Morgan fingerprint density at radius 1 is 1.46 bits per heavy atom. The molecule has 2 heterocycles. The summed E-state index contributed by atoms with van der Waals surface area (Å²) >= 11 is 0. The Labute approximate surface area is 140 Å². The van der Waals surface area contributed by atoms with Crippen LogP contribution in [0.15, 0.2) is 37.1 Å². The van der Waals surface area contributed by atoms with Crippen molar-refractivity contribution in [3.63, 3.8) is 0 Å². The minimum absolute atomic E-state index is 0.00403. The first-order valence-electron chi connectivity index (χ1n) is 7.84. The number of carbonyl (C=O) groups excluding carboxylic acids is 2. The lowest BCUT2D eigenvalue weighted by molar-refractivity contribution is -0.116. The number of anilines is 2. The number of aromatic nitrogens is 2. The second-order valence-electron chi connectivity index (χ2n) is 5.93. The van der Waals surface area contributed by atoms with Gasteiger partial charge in [-0.3, -0.25) is 14.3 Å². The Morgan fingerprint density at radius 2 is 2.25 bits per heavy atom. The molecule has 1 aromatic heterocycles. The van der Waals surface area contributed by atoms with Crippen LogP contribution < -0.4 is 10.2 Å². The minimum Gasteiger partial charge on any atom is -0.326 e. The highest BCUT2D eigenvalue weighted by Crippen LogP contribution is 2.29. The van der Waals surface area contributed by atoms with Crippen LogP contribution in [-0.2, 0) is 29.6 Å². The number of nitrogens with zero attached hydrogens (tertiary/aromatic N) is 3. The molecule has 6 nitrogen and oxygen atoms in total. The molecule has 6 heteroatoms. The fourth-order valence-electron chi connectivity index (χ4n) is 2.91. The molecule has 2 aromatic rings. The van der Waals surface area contributed by atoms with Crippen molar-refractivity contribution >= 4 is 23.2 Å². The molecule has 1 aliphatic rings. The summed E-state index contributed by atoms with van der Waals surface area (Å²) in [5, 5.41) is 7.19. The van der Waals surface area contributed by atoms with Gasteiger partial charge in [0.05, 0.1) is 12.2 Å². The third kappa shape index (κ3) is 3.08. The second kappa shape index (κ2) is 6.31. The molecule has 0 radical (unpaired) electrons. The standard InChI is InChI=1S/C18H20N4O2/c1-4-18(24)22(11-14-10-21(3)20-12(14)2)15-7-5-13-6-8-17(23)19-16(13)9-15/h4-5,7,9-10H,1,6,8,11H2,2-3H3,(H,19,23). The van der Waals surface area contributed by atoms with E-state index in [9.17, 15) is 9.59 Å². The van der Waals surface area contributed by atoms with Crippen LogP contribution in [0.3, 0.4) is 0 Å². The number of amides is 2. The molecule has 0 aliphatic carbocycles. The van der Waals surface area contributed by atoms with Crippen LogP contribution in [0.2, 0.25) is 0 Å². The lowest BCUT2D eigenvalue weighted by atomic mass is 10.0. The lowest BCUT2D eigenvalue weighted by Crippen LogP contribution is -2.29. The van der Waals surface area contributed by atoms with E-state index in [2.05, 4.69) is 17.0 Å². The second-order valence-corrected chi connectivity index (χ2v) is 5.93. The van der Waals surface area contributed by atoms with Crippen molar-refractivity contribution in [3.05, 3.63) is 53.9 Å². The summed E-state index contributed by atoms with van der Waals surface area (Å²) in [6.45, 7) is 5.91. The number of hydrogen-bond acceptors (Lipinski definition) is 3. The normalized spacial score (nSPS) is 13.2. The molecule has 0 spiro atoms. The van der Waals surface area contributed by atoms with Crippen molar-refractivity contribution in [1.29, 1.82) is 0 Å². The number of aryl methyl sites for hydroxylation is 3. The van der Waals surface area contributed by atoms with Crippen molar-refractivity contribution in [2.24, 2.45) is 7.05 Å². The van der Waals surface area contributed by atoms with E-state index in [-0.39, 0.29) is 11.8 Å². The highest BCUT2D eigenvalue weighted by atomic mass is 16.2. The smallest absolute Gasteiger partial charge is 0.250 e. The van der Waals surface area contributed by atoms with Crippen molar-refractivity contribution in [2.75, 3.05) is 10.2 Å². The number of rotatable bonds is 4. The number of nitrogens with one attached hydrogen (secondary N) is 1. The number of hydrogen-bond donors (Lipinski definition) is 1. The molecular weight excluding hydrogens is 304 g/mol. The molecule has 0 bridgehead atoms. The Balaban J connectivity index is 1.96. The van der Waals surface area contributed by atoms with E-state index in [0.717, 1.165) is 34.6 Å². The number of carbonyl (C=O) groups is 2. The first-order valence-corrected chi connectivity index (χ1v) is 7.84. The monoisotopic (exact) mass is 324 g/mol. The van der Waals surface area contributed by atoms with Crippen LogP contribution in [0.5, 0.6) is 0 Å². The third-order valence-corrected chi connectivity index (χ3v) is 4.18. The molecule has 0 saturated carbocycles. The number of fused-ring (bicyclic) bond motifs is 1. The zero-order chi connectivity index (χ0) is 17.3. The van der Waals surface area contributed by atoms with Gasteiger partial charge in [-0.2, -0.15) is 5.10 Å². The van der Waals surface area contributed by atoms with Crippen molar-refractivity contribution in [2.45, 2.75) is 26.3 Å². The van der Waals surface area contributed by atoms with Gasteiger partial charge in [0.25, 0.3) is 5.91 Å². The van der Waals surface area contributed by atoms with Gasteiger partial charge in [0.15, 0.2) is 0 Å². The van der Waals surface area contributed by atoms with Gasteiger partial charge in [0.2, 0.25) is 5.91 Å². The van der Waals surface area contributed by atoms with E-state index in [1.807, 2.05) is 38.4 Å². The van der Waals surface area contributed by atoms with Crippen molar-refractivity contribution in [1.82, 2.24) is 9.78 Å². The van der Waals surface area contributed by atoms with Gasteiger partial charge in [-0.15, -0.1) is 0 Å². The molecule has 0 unspecified atom stereocenters. The fourth-order valence-corrected chi connectivity index (χ4v) is 2.91. The summed E-state index contributed by atoms with van der Waals surface area (Å²) in [5.41, 5.74) is 4.43. The molecule has 0 fully saturated rings. The first kappa shape index (κ1) is 16.0. The number of benzene rings is 1. The molecular formula is C18H20N4O2. The maximum absolute atomic E-state index is 12.4. The van der Waals surface area contributed by atoms with E-state index in [1.54, 1.807) is 9.58 Å². The van der Waals surface area contributed by atoms with E-state index < -0.39 is 0 Å². The van der Waals surface area contributed by atoms with Crippen LogP contribution in [0.4, 0.5) is 11.4 Å². The molecule has 1 N–H and O–H groups in total. The molecule has 1 aromatic carbocycles. The summed E-state index contributed by atoms with van der Waals surface area (Å²) in [5.74, 6) is -0.190. The topological polar surface area (TPSA) is 67.2 Å². The molecule has 1 aliphatic heterocycles. The van der Waals surface area contributed by atoms with E-state index in [1.165, 1.54) is 6.08 Å². The summed E-state index contributed by atoms with van der Waals surface area (Å²) in [6.07, 6.45) is 4.41. The zero-order valence-corrected chi connectivity index (χ0v) is 13.9. The van der Waals surface area contributed by atoms with Crippen LogP contribution in [0, 0.1) is 6.92 Å².